The van der Waals surface area contributed by atoms with Gasteiger partial charge in [-0.15, -0.1) is 0 Å². The van der Waals surface area contributed by atoms with Gasteiger partial charge in [-0.05, 0) is 49.1 Å². The third-order valence-electron chi connectivity index (χ3n) is 5.95. The summed E-state index contributed by atoms with van der Waals surface area (Å²) in [5, 5.41) is 4.75. The highest BCUT2D eigenvalue weighted by Crippen LogP contribution is 2.30. The predicted molar refractivity (Wildman–Crippen MR) is 124 cm³/mol. The molecule has 0 bridgehead atoms. The molecule has 0 spiro atoms. The number of benzene rings is 2. The number of aromatic nitrogens is 1. The van der Waals surface area contributed by atoms with E-state index in [-0.39, 0.29) is 17.7 Å². The molecule has 1 aromatic heterocycles. The van der Waals surface area contributed by atoms with E-state index in [9.17, 15) is 9.59 Å². The number of hydrogen-bond donors (Lipinski definition) is 2. The molecule has 2 N–H and O–H groups in total. The lowest BCUT2D eigenvalue weighted by molar-refractivity contribution is -0.134. The number of aryl methyl sites for hydroxylation is 1. The number of fused-ring (bicyclic) bond motifs is 3. The van der Waals surface area contributed by atoms with Crippen molar-refractivity contribution in [3.63, 3.8) is 0 Å². The number of H-pyrrole nitrogens is 1. The summed E-state index contributed by atoms with van der Waals surface area (Å²) >= 11 is 6.21. The molecule has 1 aliphatic heterocycles. The first-order chi connectivity index (χ1) is 14.8. The van der Waals surface area contributed by atoms with Gasteiger partial charge < -0.3 is 15.2 Å². The first kappa shape index (κ1) is 21.4. The summed E-state index contributed by atoms with van der Waals surface area (Å²) in [6, 6.07) is 12.7. The molecule has 2 aromatic carbocycles. The zero-order valence-corrected chi connectivity index (χ0v) is 18.9. The van der Waals surface area contributed by atoms with E-state index in [1.54, 1.807) is 6.07 Å². The Labute approximate surface area is 187 Å². The Bertz CT molecular complexity index is 1130. The molecule has 0 saturated heterocycles. The van der Waals surface area contributed by atoms with E-state index in [0.717, 1.165) is 34.1 Å². The van der Waals surface area contributed by atoms with Crippen LogP contribution in [-0.4, -0.2) is 34.3 Å². The van der Waals surface area contributed by atoms with Gasteiger partial charge in [0.05, 0.1) is 0 Å². The molecule has 2 amide bonds. The maximum absolute atomic E-state index is 13.5. The van der Waals surface area contributed by atoms with Crippen LogP contribution in [-0.2, 0) is 17.8 Å². The van der Waals surface area contributed by atoms with Crippen molar-refractivity contribution in [3.05, 3.63) is 69.9 Å². The van der Waals surface area contributed by atoms with Crippen molar-refractivity contribution in [3.8, 4) is 0 Å². The molecule has 5 nitrogen and oxygen atoms in total. The van der Waals surface area contributed by atoms with Crippen molar-refractivity contribution in [2.45, 2.75) is 46.2 Å². The van der Waals surface area contributed by atoms with Crippen molar-refractivity contribution < 1.29 is 9.59 Å². The number of aromatic amines is 1. The molecule has 6 heteroatoms. The van der Waals surface area contributed by atoms with Crippen LogP contribution in [0.25, 0.3) is 10.9 Å². The maximum atomic E-state index is 13.5. The van der Waals surface area contributed by atoms with Crippen LogP contribution in [0.2, 0.25) is 5.02 Å². The van der Waals surface area contributed by atoms with Gasteiger partial charge in [-0.3, -0.25) is 9.59 Å². The van der Waals surface area contributed by atoms with Gasteiger partial charge in [0.1, 0.15) is 6.04 Å². The van der Waals surface area contributed by atoms with Gasteiger partial charge in [-0.25, -0.2) is 0 Å². The Kier molecular flexibility index (Phi) is 6.05. The van der Waals surface area contributed by atoms with Crippen molar-refractivity contribution in [2.24, 2.45) is 5.92 Å². The van der Waals surface area contributed by atoms with E-state index in [1.807, 2.05) is 48.2 Å². The Hall–Kier alpha value is -2.79. The number of nitrogens with zero attached hydrogens (tertiary/aromatic N) is 1. The van der Waals surface area contributed by atoms with E-state index in [0.29, 0.717) is 30.1 Å². The first-order valence-corrected chi connectivity index (χ1v) is 11.2. The molecule has 162 valence electrons. The highest BCUT2D eigenvalue weighted by molar-refractivity contribution is 6.31. The molecular weight excluding hydrogens is 410 g/mol. The van der Waals surface area contributed by atoms with Crippen molar-refractivity contribution in [2.75, 3.05) is 6.54 Å². The van der Waals surface area contributed by atoms with Crippen LogP contribution in [0, 0.1) is 12.8 Å². The van der Waals surface area contributed by atoms with Gasteiger partial charge in [0, 0.05) is 52.3 Å². The van der Waals surface area contributed by atoms with E-state index < -0.39 is 6.04 Å². The Morgan fingerprint density at radius 3 is 2.71 bits per heavy atom. The summed E-state index contributed by atoms with van der Waals surface area (Å²) in [5.74, 6) is 0.0460. The van der Waals surface area contributed by atoms with Gasteiger partial charge in [0.15, 0.2) is 0 Å². The lowest BCUT2D eigenvalue weighted by atomic mass is 9.99. The largest absolute Gasteiger partial charge is 0.358 e. The smallest absolute Gasteiger partial charge is 0.252 e. The van der Waals surface area contributed by atoms with Crippen molar-refractivity contribution in [1.29, 1.82) is 0 Å². The third kappa shape index (κ3) is 4.47. The van der Waals surface area contributed by atoms with Crippen LogP contribution < -0.4 is 5.32 Å². The molecule has 4 rings (SSSR count). The summed E-state index contributed by atoms with van der Waals surface area (Å²) in [6.45, 7) is 7.18. The fourth-order valence-corrected chi connectivity index (χ4v) is 4.52. The topological polar surface area (TPSA) is 65.2 Å². The number of hydrogen-bond acceptors (Lipinski definition) is 2. The number of nitrogens with one attached hydrogen (secondary N) is 2. The average molecular weight is 438 g/mol. The number of rotatable bonds is 5. The monoisotopic (exact) mass is 437 g/mol. The lowest BCUT2D eigenvalue weighted by Gasteiger charge is -2.32. The summed E-state index contributed by atoms with van der Waals surface area (Å²) in [4.78, 5) is 31.7. The summed E-state index contributed by atoms with van der Waals surface area (Å²) < 4.78 is 0. The minimum absolute atomic E-state index is 0.0299. The van der Waals surface area contributed by atoms with Crippen LogP contribution in [0.4, 0.5) is 0 Å². The fourth-order valence-electron chi connectivity index (χ4n) is 4.35. The van der Waals surface area contributed by atoms with Gasteiger partial charge in [-0.2, -0.15) is 0 Å². The minimum atomic E-state index is -0.553. The van der Waals surface area contributed by atoms with Crippen LogP contribution in [0.1, 0.15) is 47.4 Å². The second kappa shape index (κ2) is 8.75. The fraction of sp³-hybridized carbons (Fsp3) is 0.360. The quantitative estimate of drug-likeness (QED) is 0.598. The number of carbonyl (C=O) groups is 2. The minimum Gasteiger partial charge on any atom is -0.358 e. The van der Waals surface area contributed by atoms with E-state index in [4.69, 9.17) is 11.6 Å². The molecule has 3 aromatic rings. The number of carbonyl (C=O) groups excluding carboxylic acids is 2. The van der Waals surface area contributed by atoms with Crippen LogP contribution >= 0.6 is 11.6 Å². The van der Waals surface area contributed by atoms with Gasteiger partial charge in [-0.1, -0.05) is 43.6 Å². The standard InChI is InChI=1S/C25H28ClN3O2/c1-15(2)12-23(28-24(30)18-7-5-4-6-16(18)3)25(31)29-11-10-22-20(14-29)19-13-17(26)8-9-21(19)27-22/h4-9,13,15,23,27H,10-12,14H2,1-3H3,(H,28,30). The second-order valence-electron chi connectivity index (χ2n) is 8.75. The average Bonchev–Trinajstić information content (AvgIpc) is 3.09. The van der Waals surface area contributed by atoms with Crippen LogP contribution in [0.3, 0.4) is 0 Å². The Morgan fingerprint density at radius 2 is 1.97 bits per heavy atom. The van der Waals surface area contributed by atoms with E-state index in [2.05, 4.69) is 24.1 Å². The molecule has 0 fully saturated rings. The van der Waals surface area contributed by atoms with Gasteiger partial charge in [0.25, 0.3) is 5.91 Å². The molecular formula is C25H28ClN3O2. The first-order valence-electron chi connectivity index (χ1n) is 10.8. The van der Waals surface area contributed by atoms with Crippen LogP contribution in [0.5, 0.6) is 0 Å². The molecule has 0 saturated carbocycles. The van der Waals surface area contributed by atoms with Gasteiger partial charge in [0.2, 0.25) is 5.91 Å². The summed E-state index contributed by atoms with van der Waals surface area (Å²) in [7, 11) is 0. The molecule has 0 radical (unpaired) electrons. The van der Waals surface area contributed by atoms with Crippen molar-refractivity contribution >= 4 is 34.3 Å². The van der Waals surface area contributed by atoms with Crippen molar-refractivity contribution in [1.82, 2.24) is 15.2 Å². The van der Waals surface area contributed by atoms with E-state index in [1.165, 1.54) is 0 Å². The molecule has 1 aliphatic rings. The molecule has 0 aliphatic carbocycles. The SMILES string of the molecule is Cc1ccccc1C(=O)NC(CC(C)C)C(=O)N1CCc2[nH]c3ccc(Cl)cc3c2C1. The number of amides is 2. The third-order valence-corrected chi connectivity index (χ3v) is 6.18. The predicted octanol–water partition coefficient (Wildman–Crippen LogP) is 4.86. The maximum Gasteiger partial charge on any atom is 0.252 e. The normalized spacial score (nSPS) is 14.5. The zero-order chi connectivity index (χ0) is 22.1. The molecule has 1 unspecified atom stereocenters. The molecule has 2 heterocycles. The van der Waals surface area contributed by atoms with E-state index >= 15 is 0 Å². The highest BCUT2D eigenvalue weighted by atomic mass is 35.5. The Morgan fingerprint density at radius 1 is 1.19 bits per heavy atom. The molecule has 31 heavy (non-hydrogen) atoms. The molecule has 1 atom stereocenters. The number of halogens is 1. The summed E-state index contributed by atoms with van der Waals surface area (Å²) in [5.41, 5.74) is 4.82. The second-order valence-corrected chi connectivity index (χ2v) is 9.19. The lowest BCUT2D eigenvalue weighted by Crippen LogP contribution is -2.50. The Balaban J connectivity index is 1.56. The van der Waals surface area contributed by atoms with Crippen LogP contribution in [0.15, 0.2) is 42.5 Å². The zero-order valence-electron chi connectivity index (χ0n) is 18.2. The highest BCUT2D eigenvalue weighted by Gasteiger charge is 2.31. The summed E-state index contributed by atoms with van der Waals surface area (Å²) in [6.07, 6.45) is 1.35. The van der Waals surface area contributed by atoms with Gasteiger partial charge >= 0.3 is 0 Å².